The highest BCUT2D eigenvalue weighted by atomic mass is 16.5. The van der Waals surface area contributed by atoms with Gasteiger partial charge in [0.25, 0.3) is 0 Å². The van der Waals surface area contributed by atoms with E-state index < -0.39 is 6.09 Å². The fraction of sp³-hybridized carbons (Fsp3) is 0.857. The van der Waals surface area contributed by atoms with E-state index in [2.05, 4.69) is 21.9 Å². The first-order valence-electron chi connectivity index (χ1n) is 7.27. The van der Waals surface area contributed by atoms with Gasteiger partial charge in [-0.1, -0.05) is 6.92 Å². The minimum Gasteiger partial charge on any atom is -0.453 e. The molecule has 108 valence electrons. The number of Topliss-reactive ketones (excluding diaryl/α,β-unsaturated/α-hetero) is 1. The van der Waals surface area contributed by atoms with Gasteiger partial charge in [0.05, 0.1) is 13.2 Å². The number of likely N-dealkylation sites (tertiary alicyclic amines) is 1. The highest BCUT2D eigenvalue weighted by Gasteiger charge is 2.40. The van der Waals surface area contributed by atoms with Crippen molar-refractivity contribution in [3.63, 3.8) is 0 Å². The summed E-state index contributed by atoms with van der Waals surface area (Å²) in [6.07, 6.45) is 4.31. The number of alkyl carbamates (subject to hydrolysis) is 1. The van der Waals surface area contributed by atoms with Crippen molar-refractivity contribution in [3.8, 4) is 0 Å². The Kier molecular flexibility index (Phi) is 4.80. The van der Waals surface area contributed by atoms with Crippen LogP contribution in [0.1, 0.15) is 39.0 Å². The predicted octanol–water partition coefficient (Wildman–Crippen LogP) is 1.56. The van der Waals surface area contributed by atoms with Crippen LogP contribution in [0.25, 0.3) is 0 Å². The fourth-order valence-electron chi connectivity index (χ4n) is 3.47. The van der Waals surface area contributed by atoms with Crippen LogP contribution in [0, 0.1) is 5.92 Å². The van der Waals surface area contributed by atoms with Crippen LogP contribution >= 0.6 is 0 Å². The first-order chi connectivity index (χ1) is 9.15. The summed E-state index contributed by atoms with van der Waals surface area (Å²) < 4.78 is 4.58. The van der Waals surface area contributed by atoms with Crippen LogP contribution in [0.15, 0.2) is 0 Å². The van der Waals surface area contributed by atoms with Crippen LogP contribution in [-0.4, -0.2) is 49.1 Å². The average molecular weight is 268 g/mol. The monoisotopic (exact) mass is 268 g/mol. The van der Waals surface area contributed by atoms with Crippen molar-refractivity contribution in [2.75, 3.05) is 20.2 Å². The van der Waals surface area contributed by atoms with E-state index in [-0.39, 0.29) is 11.8 Å². The second-order valence-electron chi connectivity index (χ2n) is 5.60. The molecule has 0 aromatic carbocycles. The highest BCUT2D eigenvalue weighted by molar-refractivity contribution is 5.88. The minimum atomic E-state index is -0.502. The zero-order valence-corrected chi connectivity index (χ0v) is 11.9. The molecule has 2 fully saturated rings. The van der Waals surface area contributed by atoms with Gasteiger partial charge in [-0.05, 0) is 44.7 Å². The maximum atomic E-state index is 12.2. The molecule has 1 saturated heterocycles. The third-order valence-corrected chi connectivity index (χ3v) is 4.36. The van der Waals surface area contributed by atoms with Crippen molar-refractivity contribution < 1.29 is 14.3 Å². The summed E-state index contributed by atoms with van der Waals surface area (Å²) in [6, 6.07) is 0.0344. The Bertz CT molecular complexity index is 344. The Morgan fingerprint density at radius 1 is 1.53 bits per heavy atom. The number of nitrogens with one attached hydrogen (secondary N) is 1. The van der Waals surface area contributed by atoms with Gasteiger partial charge in [0, 0.05) is 12.5 Å². The van der Waals surface area contributed by atoms with E-state index >= 15 is 0 Å². The third-order valence-electron chi connectivity index (χ3n) is 4.36. The van der Waals surface area contributed by atoms with Gasteiger partial charge in [-0.25, -0.2) is 4.79 Å². The standard InChI is InChI=1S/C14H24N2O3/c1-3-6-16-7-4-5-10-8-11(15-14(18)19-2)13(17)9-12(10)16/h10-12H,3-9H2,1-2H3,(H,15,18)/t10-,11?,12-/m0/s1. The molecule has 0 spiro atoms. The van der Waals surface area contributed by atoms with Crippen molar-refractivity contribution in [2.24, 2.45) is 5.92 Å². The summed E-state index contributed by atoms with van der Waals surface area (Å²) in [7, 11) is 1.33. The molecule has 2 rings (SSSR count). The molecule has 1 N–H and O–H groups in total. The lowest BCUT2D eigenvalue weighted by Crippen LogP contribution is -2.55. The topological polar surface area (TPSA) is 58.6 Å². The highest BCUT2D eigenvalue weighted by Crippen LogP contribution is 2.34. The largest absolute Gasteiger partial charge is 0.453 e. The maximum absolute atomic E-state index is 12.2. The molecule has 3 atom stereocenters. The normalized spacial score (nSPS) is 31.7. The number of ketones is 1. The van der Waals surface area contributed by atoms with E-state index in [1.807, 2.05) is 0 Å². The molecular weight excluding hydrogens is 244 g/mol. The molecule has 2 aliphatic rings. The number of hydrogen-bond donors (Lipinski definition) is 1. The van der Waals surface area contributed by atoms with E-state index in [9.17, 15) is 9.59 Å². The van der Waals surface area contributed by atoms with Gasteiger partial charge in [0.1, 0.15) is 0 Å². The van der Waals surface area contributed by atoms with Gasteiger partial charge in [0.2, 0.25) is 0 Å². The number of ether oxygens (including phenoxy) is 1. The first kappa shape index (κ1) is 14.3. The Balaban J connectivity index is 1.99. The van der Waals surface area contributed by atoms with Crippen molar-refractivity contribution in [1.82, 2.24) is 10.2 Å². The van der Waals surface area contributed by atoms with Gasteiger partial charge in [0.15, 0.2) is 5.78 Å². The summed E-state index contributed by atoms with van der Waals surface area (Å²) in [4.78, 5) is 25.9. The summed E-state index contributed by atoms with van der Waals surface area (Å²) in [5.74, 6) is 0.676. The van der Waals surface area contributed by atoms with Gasteiger partial charge >= 0.3 is 6.09 Å². The average Bonchev–Trinajstić information content (AvgIpc) is 2.40. The van der Waals surface area contributed by atoms with Crippen LogP contribution in [0.5, 0.6) is 0 Å². The van der Waals surface area contributed by atoms with Crippen LogP contribution in [0.4, 0.5) is 4.79 Å². The number of carbonyl (C=O) groups is 2. The molecule has 0 radical (unpaired) electrons. The third kappa shape index (κ3) is 3.26. The zero-order chi connectivity index (χ0) is 13.8. The van der Waals surface area contributed by atoms with Gasteiger partial charge in [-0.15, -0.1) is 0 Å². The molecule has 1 aliphatic carbocycles. The van der Waals surface area contributed by atoms with Crippen LogP contribution < -0.4 is 5.32 Å². The summed E-state index contributed by atoms with van der Waals surface area (Å²) in [5, 5.41) is 2.67. The molecule has 19 heavy (non-hydrogen) atoms. The van der Waals surface area contributed by atoms with Crippen molar-refractivity contribution >= 4 is 11.9 Å². The maximum Gasteiger partial charge on any atom is 0.407 e. The number of piperidine rings is 1. The molecule has 1 amide bonds. The van der Waals surface area contributed by atoms with Crippen molar-refractivity contribution in [1.29, 1.82) is 0 Å². The quantitative estimate of drug-likeness (QED) is 0.844. The summed E-state index contributed by atoms with van der Waals surface area (Å²) in [6.45, 7) is 4.36. The molecule has 1 heterocycles. The molecule has 0 bridgehead atoms. The van der Waals surface area contributed by atoms with E-state index in [4.69, 9.17) is 0 Å². The zero-order valence-electron chi connectivity index (χ0n) is 11.9. The lowest BCUT2D eigenvalue weighted by Gasteiger charge is -2.45. The summed E-state index contributed by atoms with van der Waals surface area (Å²) in [5.41, 5.74) is 0. The number of fused-ring (bicyclic) bond motifs is 1. The number of carbonyl (C=O) groups excluding carboxylic acids is 2. The van der Waals surface area contributed by atoms with E-state index in [1.54, 1.807) is 0 Å². The lowest BCUT2D eigenvalue weighted by atomic mass is 9.75. The van der Waals surface area contributed by atoms with Crippen LogP contribution in [0.3, 0.4) is 0 Å². The molecule has 0 aromatic rings. The number of hydrogen-bond acceptors (Lipinski definition) is 4. The smallest absolute Gasteiger partial charge is 0.407 e. The van der Waals surface area contributed by atoms with Crippen LogP contribution in [-0.2, 0) is 9.53 Å². The molecule has 1 unspecified atom stereocenters. The van der Waals surface area contributed by atoms with Crippen LogP contribution in [0.2, 0.25) is 0 Å². The Hall–Kier alpha value is -1.10. The van der Waals surface area contributed by atoms with E-state index in [1.165, 1.54) is 13.5 Å². The van der Waals surface area contributed by atoms with Gasteiger partial charge < -0.3 is 10.1 Å². The SMILES string of the molecule is CCCN1CCC[C@H]2CC(NC(=O)OC)C(=O)C[C@@H]21. The van der Waals surface area contributed by atoms with E-state index in [0.717, 1.165) is 32.4 Å². The van der Waals surface area contributed by atoms with Gasteiger partial charge in [-0.2, -0.15) is 0 Å². The van der Waals surface area contributed by atoms with Gasteiger partial charge in [-0.3, -0.25) is 9.69 Å². The minimum absolute atomic E-state index is 0.148. The second-order valence-corrected chi connectivity index (χ2v) is 5.60. The molecule has 0 aromatic heterocycles. The first-order valence-corrected chi connectivity index (χ1v) is 7.27. The number of amides is 1. The predicted molar refractivity (Wildman–Crippen MR) is 71.9 cm³/mol. The Morgan fingerprint density at radius 3 is 3.00 bits per heavy atom. The van der Waals surface area contributed by atoms with E-state index in [0.29, 0.717) is 18.4 Å². The Morgan fingerprint density at radius 2 is 2.32 bits per heavy atom. The molecule has 5 heteroatoms. The number of rotatable bonds is 3. The lowest BCUT2D eigenvalue weighted by molar-refractivity contribution is -0.126. The number of nitrogens with zero attached hydrogens (tertiary/aromatic N) is 1. The fourth-order valence-corrected chi connectivity index (χ4v) is 3.47. The van der Waals surface area contributed by atoms with Crippen molar-refractivity contribution in [2.45, 2.75) is 51.1 Å². The molecule has 1 aliphatic heterocycles. The second kappa shape index (κ2) is 6.37. The molecular formula is C14H24N2O3. The van der Waals surface area contributed by atoms with Crippen molar-refractivity contribution in [3.05, 3.63) is 0 Å². The molecule has 1 saturated carbocycles. The number of methoxy groups -OCH3 is 1. The summed E-state index contributed by atoms with van der Waals surface area (Å²) >= 11 is 0. The molecule has 5 nitrogen and oxygen atoms in total. The Labute approximate surface area is 114 Å².